The molecule has 0 saturated carbocycles. The van der Waals surface area contributed by atoms with Crippen LogP contribution in [0.25, 0.3) is 10.4 Å². The first-order chi connectivity index (χ1) is 6.69. The lowest BCUT2D eigenvalue weighted by molar-refractivity contribution is 0.987. The van der Waals surface area contributed by atoms with Crippen LogP contribution in [0, 0.1) is 6.92 Å². The minimum atomic E-state index is 0.320. The van der Waals surface area contributed by atoms with Crippen LogP contribution in [-0.2, 0) is 13.1 Å². The predicted octanol–water partition coefficient (Wildman–Crippen LogP) is 1.85. The van der Waals surface area contributed by atoms with E-state index in [-0.39, 0.29) is 0 Å². The van der Waals surface area contributed by atoms with Crippen LogP contribution < -0.4 is 11.5 Å². The predicted molar refractivity (Wildman–Crippen MR) is 56.3 cm³/mol. The average Bonchev–Trinajstić information content (AvgIpc) is 2.18. The lowest BCUT2D eigenvalue weighted by atomic mass is 10.0. The second kappa shape index (κ2) is 4.50. The summed E-state index contributed by atoms with van der Waals surface area (Å²) in [4.78, 5) is 2.71. The summed E-state index contributed by atoms with van der Waals surface area (Å²) in [5.74, 6) is 0. The van der Waals surface area contributed by atoms with Gasteiger partial charge in [0.25, 0.3) is 0 Å². The highest BCUT2D eigenvalue weighted by molar-refractivity contribution is 5.49. The van der Waals surface area contributed by atoms with Crippen molar-refractivity contribution in [3.05, 3.63) is 39.3 Å². The molecule has 0 aliphatic rings. The number of rotatable bonds is 3. The summed E-state index contributed by atoms with van der Waals surface area (Å²) in [7, 11) is 0. The fraction of sp³-hybridized carbons (Fsp3) is 0.333. The normalized spacial score (nSPS) is 9.57. The lowest BCUT2D eigenvalue weighted by Gasteiger charge is -2.09. The van der Waals surface area contributed by atoms with Gasteiger partial charge in [-0.1, -0.05) is 5.11 Å². The standard InChI is InChI=1S/C9H13N5/c1-6-7(4-10)2-9(11)3-8(6)5-13-14-12/h2-3H,4-5,10-11H2,1H3. The highest BCUT2D eigenvalue weighted by Crippen LogP contribution is 2.19. The van der Waals surface area contributed by atoms with E-state index in [0.717, 1.165) is 16.7 Å². The van der Waals surface area contributed by atoms with E-state index in [4.69, 9.17) is 17.0 Å². The van der Waals surface area contributed by atoms with Crippen molar-refractivity contribution in [2.24, 2.45) is 10.8 Å². The van der Waals surface area contributed by atoms with Gasteiger partial charge in [-0.2, -0.15) is 0 Å². The lowest BCUT2D eigenvalue weighted by Crippen LogP contribution is -2.03. The Bertz CT molecular complexity index is 379. The van der Waals surface area contributed by atoms with Crippen LogP contribution in [0.1, 0.15) is 16.7 Å². The summed E-state index contributed by atoms with van der Waals surface area (Å²) >= 11 is 0. The SMILES string of the molecule is Cc1c(CN)cc(N)cc1CN=[N+]=[N-]. The van der Waals surface area contributed by atoms with E-state index in [1.54, 1.807) is 0 Å². The molecule has 0 radical (unpaired) electrons. The molecule has 0 aliphatic carbocycles. The van der Waals surface area contributed by atoms with Gasteiger partial charge in [0, 0.05) is 17.1 Å². The first-order valence-corrected chi connectivity index (χ1v) is 4.27. The van der Waals surface area contributed by atoms with Gasteiger partial charge in [0.2, 0.25) is 0 Å². The third-order valence-corrected chi connectivity index (χ3v) is 2.17. The van der Waals surface area contributed by atoms with Gasteiger partial charge < -0.3 is 11.5 Å². The highest BCUT2D eigenvalue weighted by atomic mass is 15.1. The smallest absolute Gasteiger partial charge is 0.0514 e. The Morgan fingerprint density at radius 2 is 2.07 bits per heavy atom. The zero-order valence-corrected chi connectivity index (χ0v) is 8.07. The fourth-order valence-corrected chi connectivity index (χ4v) is 1.35. The number of hydrogen-bond donors (Lipinski definition) is 2. The van der Waals surface area contributed by atoms with Gasteiger partial charge in [0.15, 0.2) is 0 Å². The Hall–Kier alpha value is -1.71. The van der Waals surface area contributed by atoms with Gasteiger partial charge in [-0.25, -0.2) is 0 Å². The van der Waals surface area contributed by atoms with Crippen molar-refractivity contribution < 1.29 is 0 Å². The molecular weight excluding hydrogens is 178 g/mol. The van der Waals surface area contributed by atoms with E-state index in [1.807, 2.05) is 19.1 Å². The number of benzene rings is 1. The molecular formula is C9H13N5. The van der Waals surface area contributed by atoms with Gasteiger partial charge in [0.05, 0.1) is 6.54 Å². The fourth-order valence-electron chi connectivity index (χ4n) is 1.35. The average molecular weight is 191 g/mol. The quantitative estimate of drug-likeness (QED) is 0.329. The summed E-state index contributed by atoms with van der Waals surface area (Å²) in [6, 6.07) is 3.65. The maximum Gasteiger partial charge on any atom is 0.0514 e. The molecule has 0 fully saturated rings. The van der Waals surface area contributed by atoms with E-state index < -0.39 is 0 Å². The Balaban J connectivity index is 3.14. The van der Waals surface area contributed by atoms with E-state index >= 15 is 0 Å². The number of anilines is 1. The largest absolute Gasteiger partial charge is 0.399 e. The molecule has 0 unspecified atom stereocenters. The van der Waals surface area contributed by atoms with Gasteiger partial charge in [-0.3, -0.25) is 0 Å². The van der Waals surface area contributed by atoms with Gasteiger partial charge in [-0.05, 0) is 41.3 Å². The molecule has 1 aromatic rings. The van der Waals surface area contributed by atoms with Crippen LogP contribution in [0.3, 0.4) is 0 Å². The summed E-state index contributed by atoms with van der Waals surface area (Å²) in [5.41, 5.74) is 23.1. The van der Waals surface area contributed by atoms with Crippen LogP contribution in [0.4, 0.5) is 5.69 Å². The third kappa shape index (κ3) is 2.16. The molecule has 0 amide bonds. The molecule has 0 atom stereocenters. The molecule has 0 saturated heterocycles. The molecule has 4 N–H and O–H groups in total. The van der Waals surface area contributed by atoms with Gasteiger partial charge in [-0.15, -0.1) is 0 Å². The minimum absolute atomic E-state index is 0.320. The first-order valence-electron chi connectivity index (χ1n) is 4.27. The van der Waals surface area contributed by atoms with Crippen molar-refractivity contribution in [3.8, 4) is 0 Å². The number of hydrogen-bond acceptors (Lipinski definition) is 3. The zero-order chi connectivity index (χ0) is 10.6. The van der Waals surface area contributed by atoms with E-state index in [0.29, 0.717) is 18.8 Å². The molecule has 0 heterocycles. The molecule has 0 spiro atoms. The van der Waals surface area contributed by atoms with Crippen LogP contribution in [-0.4, -0.2) is 0 Å². The van der Waals surface area contributed by atoms with E-state index in [1.165, 1.54) is 0 Å². The highest BCUT2D eigenvalue weighted by Gasteiger charge is 2.03. The Labute approximate surface area is 82.3 Å². The minimum Gasteiger partial charge on any atom is -0.399 e. The van der Waals surface area contributed by atoms with Crippen molar-refractivity contribution in [2.45, 2.75) is 20.0 Å². The van der Waals surface area contributed by atoms with Crippen LogP contribution in [0.2, 0.25) is 0 Å². The second-order valence-corrected chi connectivity index (χ2v) is 3.06. The first kappa shape index (κ1) is 10.4. The molecule has 0 aromatic heterocycles. The maximum absolute atomic E-state index is 8.22. The van der Waals surface area contributed by atoms with Crippen molar-refractivity contribution in [2.75, 3.05) is 5.73 Å². The van der Waals surface area contributed by atoms with Gasteiger partial charge >= 0.3 is 0 Å². The summed E-state index contributed by atoms with van der Waals surface area (Å²) < 4.78 is 0. The molecule has 5 nitrogen and oxygen atoms in total. The molecule has 0 bridgehead atoms. The second-order valence-electron chi connectivity index (χ2n) is 3.06. The summed E-state index contributed by atoms with van der Waals surface area (Å²) in [6.07, 6.45) is 0. The van der Waals surface area contributed by atoms with Crippen molar-refractivity contribution in [1.82, 2.24) is 0 Å². The number of nitrogens with zero attached hydrogens (tertiary/aromatic N) is 3. The molecule has 5 heteroatoms. The van der Waals surface area contributed by atoms with Crippen LogP contribution >= 0.6 is 0 Å². The Morgan fingerprint density at radius 3 is 2.64 bits per heavy atom. The van der Waals surface area contributed by atoms with Crippen molar-refractivity contribution in [1.29, 1.82) is 0 Å². The summed E-state index contributed by atoms with van der Waals surface area (Å²) in [6.45, 7) is 2.71. The van der Waals surface area contributed by atoms with Gasteiger partial charge in [0.1, 0.15) is 0 Å². The summed E-state index contributed by atoms with van der Waals surface area (Å²) in [5, 5.41) is 3.50. The monoisotopic (exact) mass is 191 g/mol. The molecule has 0 aliphatic heterocycles. The maximum atomic E-state index is 8.22. The van der Waals surface area contributed by atoms with E-state index in [2.05, 4.69) is 10.0 Å². The van der Waals surface area contributed by atoms with Crippen LogP contribution in [0.5, 0.6) is 0 Å². The van der Waals surface area contributed by atoms with E-state index in [9.17, 15) is 0 Å². The Morgan fingerprint density at radius 1 is 1.43 bits per heavy atom. The number of nitrogen functional groups attached to an aromatic ring is 1. The topological polar surface area (TPSA) is 101 Å². The van der Waals surface area contributed by atoms with Crippen molar-refractivity contribution in [3.63, 3.8) is 0 Å². The molecule has 1 rings (SSSR count). The number of azide groups is 1. The zero-order valence-electron chi connectivity index (χ0n) is 8.07. The molecule has 1 aromatic carbocycles. The van der Waals surface area contributed by atoms with Crippen molar-refractivity contribution >= 4 is 5.69 Å². The Kier molecular flexibility index (Phi) is 3.34. The molecule has 74 valence electrons. The van der Waals surface area contributed by atoms with Crippen LogP contribution in [0.15, 0.2) is 17.2 Å². The molecule has 14 heavy (non-hydrogen) atoms. The number of nitrogens with two attached hydrogens (primary N) is 2. The third-order valence-electron chi connectivity index (χ3n) is 2.17.